The SMILES string of the molecule is C[C@H](CCC(=O)O)[C@H]1CCC2C3C(C[C@H](O)[C@@]21C)[C@@]1(C)C(C(=O)CN)C[C@@H](O)C[C@H]1C[C@H]3O. The van der Waals surface area contributed by atoms with Crippen LogP contribution in [0.1, 0.15) is 72.1 Å². The number of carbonyl (C=O) groups excluding carboxylic acids is 1. The normalized spacial score (nSPS) is 50.1. The summed E-state index contributed by atoms with van der Waals surface area (Å²) in [6.07, 6.45) is 3.03. The maximum absolute atomic E-state index is 13.0. The second kappa shape index (κ2) is 8.89. The number of aliphatic hydroxyl groups excluding tert-OH is 3. The summed E-state index contributed by atoms with van der Waals surface area (Å²) in [7, 11) is 0. The van der Waals surface area contributed by atoms with E-state index < -0.39 is 29.7 Å². The molecule has 12 atom stereocenters. The fourth-order valence-corrected chi connectivity index (χ4v) is 9.41. The van der Waals surface area contributed by atoms with Gasteiger partial charge < -0.3 is 26.2 Å². The molecule has 0 radical (unpaired) electrons. The van der Waals surface area contributed by atoms with Gasteiger partial charge in [-0.1, -0.05) is 20.8 Å². The highest BCUT2D eigenvalue weighted by molar-refractivity contribution is 5.83. The predicted molar refractivity (Wildman–Crippen MR) is 123 cm³/mol. The zero-order chi connectivity index (χ0) is 24.3. The molecule has 0 spiro atoms. The zero-order valence-corrected chi connectivity index (χ0v) is 20.3. The van der Waals surface area contributed by atoms with E-state index in [9.17, 15) is 24.9 Å². The van der Waals surface area contributed by atoms with Crippen LogP contribution in [-0.4, -0.2) is 57.0 Å². The van der Waals surface area contributed by atoms with E-state index in [1.54, 1.807) is 0 Å². The topological polar surface area (TPSA) is 141 Å². The Labute approximate surface area is 197 Å². The van der Waals surface area contributed by atoms with Gasteiger partial charge in [0.1, 0.15) is 5.78 Å². The van der Waals surface area contributed by atoms with Gasteiger partial charge in [-0.2, -0.15) is 0 Å². The number of rotatable bonds is 6. The van der Waals surface area contributed by atoms with Crippen molar-refractivity contribution in [3.63, 3.8) is 0 Å². The third-order valence-corrected chi connectivity index (χ3v) is 11.1. The minimum absolute atomic E-state index is 0.000332. The number of aliphatic carboxylic acids is 1. The number of hydrogen-bond acceptors (Lipinski definition) is 6. The van der Waals surface area contributed by atoms with E-state index in [1.165, 1.54) is 0 Å². The number of aliphatic hydroxyl groups is 3. The van der Waals surface area contributed by atoms with Gasteiger partial charge in [0.25, 0.3) is 0 Å². The molecule has 0 amide bonds. The summed E-state index contributed by atoms with van der Waals surface area (Å²) in [5, 5.41) is 42.7. The molecule has 0 heterocycles. The Morgan fingerprint density at radius 1 is 1.00 bits per heavy atom. The van der Waals surface area contributed by atoms with Crippen LogP contribution < -0.4 is 5.73 Å². The Morgan fingerprint density at radius 3 is 2.33 bits per heavy atom. The lowest BCUT2D eigenvalue weighted by Gasteiger charge is -2.65. The van der Waals surface area contributed by atoms with Crippen molar-refractivity contribution < 1.29 is 30.0 Å². The summed E-state index contributed by atoms with van der Waals surface area (Å²) >= 11 is 0. The van der Waals surface area contributed by atoms with Crippen molar-refractivity contribution in [1.29, 1.82) is 0 Å². The average molecular weight is 466 g/mol. The van der Waals surface area contributed by atoms with Gasteiger partial charge >= 0.3 is 5.97 Å². The predicted octanol–water partition coefficient (Wildman–Crippen LogP) is 2.20. The average Bonchev–Trinajstić information content (AvgIpc) is 3.11. The van der Waals surface area contributed by atoms with Crippen LogP contribution in [0.4, 0.5) is 0 Å². The van der Waals surface area contributed by atoms with Crippen molar-refractivity contribution in [1.82, 2.24) is 0 Å². The summed E-state index contributed by atoms with van der Waals surface area (Å²) < 4.78 is 0. The van der Waals surface area contributed by atoms with Crippen LogP contribution in [0.3, 0.4) is 0 Å². The first-order valence-electron chi connectivity index (χ1n) is 12.9. The number of ketones is 1. The Morgan fingerprint density at radius 2 is 1.70 bits per heavy atom. The van der Waals surface area contributed by atoms with Crippen molar-refractivity contribution in [2.24, 2.45) is 58.0 Å². The molecule has 4 aliphatic carbocycles. The molecule has 0 aromatic heterocycles. The highest BCUT2D eigenvalue weighted by atomic mass is 16.4. The van der Waals surface area contributed by atoms with Crippen LogP contribution in [-0.2, 0) is 9.59 Å². The molecule has 6 N–H and O–H groups in total. The minimum Gasteiger partial charge on any atom is -0.481 e. The molecular formula is C26H43NO6. The highest BCUT2D eigenvalue weighted by Gasteiger charge is 2.67. The number of nitrogens with two attached hydrogens (primary N) is 1. The van der Waals surface area contributed by atoms with Gasteiger partial charge in [0.2, 0.25) is 0 Å². The van der Waals surface area contributed by atoms with Gasteiger partial charge in [-0.3, -0.25) is 9.59 Å². The van der Waals surface area contributed by atoms with Gasteiger partial charge in [0.05, 0.1) is 24.9 Å². The molecule has 188 valence electrons. The summed E-state index contributed by atoms with van der Waals surface area (Å²) in [5.41, 5.74) is 5.02. The van der Waals surface area contributed by atoms with Gasteiger partial charge in [-0.15, -0.1) is 0 Å². The lowest BCUT2D eigenvalue weighted by Crippen LogP contribution is -2.65. The van der Waals surface area contributed by atoms with E-state index >= 15 is 0 Å². The summed E-state index contributed by atoms with van der Waals surface area (Å²) in [4.78, 5) is 24.1. The first kappa shape index (κ1) is 25.1. The molecule has 7 nitrogen and oxygen atoms in total. The van der Waals surface area contributed by atoms with Gasteiger partial charge in [0, 0.05) is 12.3 Å². The molecular weight excluding hydrogens is 422 g/mol. The van der Waals surface area contributed by atoms with Crippen LogP contribution in [0.5, 0.6) is 0 Å². The molecule has 7 heteroatoms. The minimum atomic E-state index is -0.789. The van der Waals surface area contributed by atoms with Crippen LogP contribution in [0, 0.1) is 52.3 Å². The first-order valence-corrected chi connectivity index (χ1v) is 12.9. The summed E-state index contributed by atoms with van der Waals surface area (Å²) in [5.74, 6) is -0.598. The maximum atomic E-state index is 13.0. The van der Waals surface area contributed by atoms with E-state index in [0.29, 0.717) is 32.1 Å². The smallest absolute Gasteiger partial charge is 0.303 e. The van der Waals surface area contributed by atoms with E-state index in [4.69, 9.17) is 10.8 Å². The van der Waals surface area contributed by atoms with Crippen molar-refractivity contribution >= 4 is 11.8 Å². The van der Waals surface area contributed by atoms with Crippen LogP contribution in [0.25, 0.3) is 0 Å². The molecule has 0 aromatic carbocycles. The highest BCUT2D eigenvalue weighted by Crippen LogP contribution is 2.69. The van der Waals surface area contributed by atoms with E-state index in [1.807, 2.05) is 0 Å². The molecule has 4 fully saturated rings. The number of Topliss-reactive ketones (excluding diaryl/α,β-unsaturated/α-hetero) is 1. The van der Waals surface area contributed by atoms with E-state index in [2.05, 4.69) is 20.8 Å². The molecule has 4 aliphatic rings. The number of fused-ring (bicyclic) bond motifs is 5. The number of hydrogen-bond donors (Lipinski definition) is 5. The fourth-order valence-electron chi connectivity index (χ4n) is 9.41. The lowest BCUT2D eigenvalue weighted by molar-refractivity contribution is -0.221. The first-order chi connectivity index (χ1) is 15.5. The maximum Gasteiger partial charge on any atom is 0.303 e. The summed E-state index contributed by atoms with van der Waals surface area (Å²) in [6.45, 7) is 6.37. The molecule has 33 heavy (non-hydrogen) atoms. The van der Waals surface area contributed by atoms with Crippen molar-refractivity contribution in [3.05, 3.63) is 0 Å². The molecule has 4 unspecified atom stereocenters. The van der Waals surface area contributed by atoms with Gasteiger partial charge in [-0.25, -0.2) is 0 Å². The van der Waals surface area contributed by atoms with Crippen molar-refractivity contribution in [2.75, 3.05) is 6.54 Å². The van der Waals surface area contributed by atoms with Crippen molar-refractivity contribution in [3.8, 4) is 0 Å². The van der Waals surface area contributed by atoms with E-state index in [-0.39, 0.29) is 65.6 Å². The Kier molecular flexibility index (Phi) is 6.75. The number of carboxylic acids is 1. The third kappa shape index (κ3) is 3.78. The molecule has 0 aromatic rings. The van der Waals surface area contributed by atoms with Crippen LogP contribution in [0.15, 0.2) is 0 Å². The molecule has 0 bridgehead atoms. The van der Waals surface area contributed by atoms with Gasteiger partial charge in [-0.05, 0) is 91.3 Å². The molecule has 4 saturated carbocycles. The van der Waals surface area contributed by atoms with E-state index in [0.717, 1.165) is 12.8 Å². The lowest BCUT2D eigenvalue weighted by atomic mass is 9.40. The third-order valence-electron chi connectivity index (χ3n) is 11.1. The Bertz CT molecular complexity index is 774. The van der Waals surface area contributed by atoms with Crippen molar-refractivity contribution in [2.45, 2.75) is 90.4 Å². The van der Waals surface area contributed by atoms with Gasteiger partial charge in [0.15, 0.2) is 0 Å². The summed E-state index contributed by atoms with van der Waals surface area (Å²) in [6, 6.07) is 0. The standard InChI is InChI=1S/C26H43NO6/c1-13(4-7-23(32)33)16-5-6-17-24-19(11-22(31)26(16,17)3)25(2)14(9-20(24)29)8-15(28)10-18(25)21(30)12-27/h13-20,22,24,28-29,31H,4-12,27H2,1-3H3,(H,32,33)/t13-,14+,15+,16-,17?,18?,19?,20-,22+,24?,25-,26-/m1/s1. The second-order valence-corrected chi connectivity index (χ2v) is 12.2. The number of carbonyl (C=O) groups is 2. The quantitative estimate of drug-likeness (QED) is 0.405. The largest absolute Gasteiger partial charge is 0.481 e. The molecule has 0 saturated heterocycles. The zero-order valence-electron chi connectivity index (χ0n) is 20.3. The fraction of sp³-hybridized carbons (Fsp3) is 0.923. The Balaban J connectivity index is 1.68. The van der Waals surface area contributed by atoms with Crippen LogP contribution in [0.2, 0.25) is 0 Å². The second-order valence-electron chi connectivity index (χ2n) is 12.2. The Hall–Kier alpha value is -1.02. The number of carboxylic acid groups (broad SMARTS) is 1. The van der Waals surface area contributed by atoms with Crippen LogP contribution >= 0.6 is 0 Å². The monoisotopic (exact) mass is 465 g/mol. The molecule has 0 aliphatic heterocycles. The molecule has 4 rings (SSSR count).